The van der Waals surface area contributed by atoms with Gasteiger partial charge in [0, 0.05) is 0 Å². The monoisotopic (exact) mass is 941 g/mol. The molecule has 0 saturated heterocycles. The number of rotatable bonds is 14. The van der Waals surface area contributed by atoms with Gasteiger partial charge in [-0.05, 0) is 87.4 Å². The van der Waals surface area contributed by atoms with Gasteiger partial charge in [0.15, 0.2) is 46.3 Å². The minimum Gasteiger partial charge on any atom is -0.478 e. The topological polar surface area (TPSA) is 363 Å². The van der Waals surface area contributed by atoms with E-state index >= 15 is 0 Å². The number of nitrogen functional groups attached to an aromatic ring is 2. The Morgan fingerprint density at radius 3 is 1.42 bits per heavy atom. The molecular weight excluding hydrogens is 911 g/mol. The van der Waals surface area contributed by atoms with Gasteiger partial charge >= 0.3 is 23.9 Å². The standard InChI is InChI=1S/C40H31N17O8S2/c1-16-7-26(56-31(42)28(17(2)50-56)46-48-33-25(15-41)35(66-5)52-54(33)23-11-19(37(58)59)9-20(12-23)38(60)61)45-27(8-16)57-32(43)29(18(3)51-57)47-49-34-30(44-4)36(67-6)53-55(34)24-13-21(39(62)63)10-22(14-24)40(64)65/h7-14H,42-43H2,1-3,5-6H3,(H,58,59)(H,60,61)(H,62,63)(H,64,65). The number of carbonyl (C=O) groups is 4. The van der Waals surface area contributed by atoms with Crippen molar-refractivity contribution < 1.29 is 39.6 Å². The van der Waals surface area contributed by atoms with Crippen molar-refractivity contribution in [1.82, 2.24) is 44.1 Å². The molecule has 7 rings (SSSR count). The summed E-state index contributed by atoms with van der Waals surface area (Å²) in [4.78, 5) is 55.8. The van der Waals surface area contributed by atoms with Gasteiger partial charge in [0.2, 0.25) is 0 Å². The Bertz CT molecular complexity index is 3120. The van der Waals surface area contributed by atoms with Gasteiger partial charge in [-0.1, -0.05) is 0 Å². The molecule has 5 aromatic heterocycles. The van der Waals surface area contributed by atoms with Crippen LogP contribution in [0.1, 0.15) is 63.9 Å². The lowest BCUT2D eigenvalue weighted by Gasteiger charge is -2.09. The number of aryl methyl sites for hydroxylation is 3. The van der Waals surface area contributed by atoms with E-state index in [1.54, 1.807) is 45.4 Å². The number of nitriles is 1. The number of carboxylic acid groups (broad SMARTS) is 4. The maximum absolute atomic E-state index is 11.9. The highest BCUT2D eigenvalue weighted by Gasteiger charge is 2.25. The Kier molecular flexibility index (Phi) is 12.4. The van der Waals surface area contributed by atoms with Crippen LogP contribution in [-0.4, -0.2) is 101 Å². The fourth-order valence-corrected chi connectivity index (χ4v) is 7.46. The average Bonchev–Trinajstić information content (AvgIpc) is 4.02. The molecule has 0 amide bonds. The van der Waals surface area contributed by atoms with Crippen molar-refractivity contribution in [1.29, 1.82) is 5.26 Å². The maximum Gasteiger partial charge on any atom is 0.335 e. The second-order valence-corrected chi connectivity index (χ2v) is 15.5. The van der Waals surface area contributed by atoms with Crippen molar-refractivity contribution in [2.24, 2.45) is 20.5 Å². The molecule has 0 bridgehead atoms. The number of aromatic carboxylic acids is 4. The number of aromatic nitrogens is 9. The normalized spacial score (nSPS) is 11.3. The number of thioether (sulfide) groups is 2. The van der Waals surface area contributed by atoms with Crippen molar-refractivity contribution in [3.8, 4) is 29.1 Å². The minimum absolute atomic E-state index is 0.00583. The summed E-state index contributed by atoms with van der Waals surface area (Å²) in [7, 11) is 0. The zero-order valence-corrected chi connectivity index (χ0v) is 36.9. The number of carboxylic acids is 4. The zero-order chi connectivity index (χ0) is 48.6. The predicted octanol–water partition coefficient (Wildman–Crippen LogP) is 7.40. The fourth-order valence-electron chi connectivity index (χ4n) is 6.46. The summed E-state index contributed by atoms with van der Waals surface area (Å²) in [5.74, 6) is -5.56. The van der Waals surface area contributed by atoms with Gasteiger partial charge in [0.1, 0.15) is 21.7 Å². The maximum atomic E-state index is 11.9. The van der Waals surface area contributed by atoms with Crippen LogP contribution in [0.5, 0.6) is 0 Å². The van der Waals surface area contributed by atoms with Crippen LogP contribution in [0.2, 0.25) is 0 Å². The number of azo groups is 2. The lowest BCUT2D eigenvalue weighted by atomic mass is 10.1. The summed E-state index contributed by atoms with van der Waals surface area (Å²) in [5.41, 5.74) is 13.1. The molecule has 8 N–H and O–H groups in total. The second-order valence-electron chi connectivity index (χ2n) is 13.9. The molecular formula is C40H31N17O8S2. The number of nitrogens with two attached hydrogens (primary N) is 2. The third kappa shape index (κ3) is 8.60. The van der Waals surface area contributed by atoms with E-state index in [0.29, 0.717) is 5.56 Å². The molecule has 2 aromatic carbocycles. The molecule has 0 aliphatic rings. The highest BCUT2D eigenvalue weighted by molar-refractivity contribution is 7.98. The average molecular weight is 942 g/mol. The Morgan fingerprint density at radius 1 is 0.627 bits per heavy atom. The van der Waals surface area contributed by atoms with Crippen LogP contribution < -0.4 is 11.5 Å². The van der Waals surface area contributed by atoms with E-state index in [4.69, 9.17) is 23.0 Å². The molecule has 27 heteroatoms. The van der Waals surface area contributed by atoms with E-state index in [0.717, 1.165) is 45.0 Å². The van der Waals surface area contributed by atoms with Gasteiger partial charge in [-0.2, -0.15) is 35.0 Å². The number of benzene rings is 2. The summed E-state index contributed by atoms with van der Waals surface area (Å²) in [6.45, 7) is 12.8. The molecule has 0 unspecified atom stereocenters. The Balaban J connectivity index is 1.27. The quantitative estimate of drug-likeness (QED) is 0.0351. The van der Waals surface area contributed by atoms with E-state index < -0.39 is 23.9 Å². The van der Waals surface area contributed by atoms with Gasteiger partial charge in [-0.25, -0.2) is 38.4 Å². The summed E-state index contributed by atoms with van der Waals surface area (Å²) in [5, 5.41) is 84.3. The van der Waals surface area contributed by atoms with Crippen LogP contribution in [-0.2, 0) is 0 Å². The predicted molar refractivity (Wildman–Crippen MR) is 239 cm³/mol. The lowest BCUT2D eigenvalue weighted by Crippen LogP contribution is -2.10. The summed E-state index contributed by atoms with van der Waals surface area (Å²) in [6.07, 6.45) is 3.31. The SMILES string of the molecule is [C-]#[N+]c1c(SC)nn(-c2cc(C(=O)O)cc(C(=O)O)c2)c1N=Nc1c(C)nn(-c2cc(C)cc(-n3nc(C)c(N=Nc4c(C#N)c(SC)nn4-c4cc(C(=O)O)cc(C(=O)O)c4)c3N)n2)c1N. The highest BCUT2D eigenvalue weighted by atomic mass is 32.2. The van der Waals surface area contributed by atoms with Crippen molar-refractivity contribution in [2.75, 3.05) is 24.0 Å². The third-order valence-corrected chi connectivity index (χ3v) is 10.9. The first-order chi connectivity index (χ1) is 31.9. The number of hydrogen-bond acceptors (Lipinski definition) is 18. The Hall–Kier alpha value is -9.21. The largest absolute Gasteiger partial charge is 0.478 e. The van der Waals surface area contributed by atoms with Crippen molar-refractivity contribution in [3.63, 3.8) is 0 Å². The van der Waals surface area contributed by atoms with Crippen molar-refractivity contribution in [2.45, 2.75) is 30.8 Å². The van der Waals surface area contributed by atoms with E-state index in [-0.39, 0.29) is 113 Å². The third-order valence-electron chi connectivity index (χ3n) is 9.55. The van der Waals surface area contributed by atoms with Crippen LogP contribution in [0.15, 0.2) is 79.0 Å². The minimum atomic E-state index is -1.39. The van der Waals surface area contributed by atoms with Crippen molar-refractivity contribution in [3.05, 3.63) is 105 Å². The molecule has 0 atom stereocenters. The molecule has 0 aliphatic carbocycles. The number of hydrogen-bond donors (Lipinski definition) is 6. The molecule has 7 aromatic rings. The number of pyridine rings is 1. The van der Waals surface area contributed by atoms with Gasteiger partial charge in [0.25, 0.3) is 5.69 Å². The fraction of sp³-hybridized carbons (Fsp3) is 0.125. The first-order valence-electron chi connectivity index (χ1n) is 18.8. The van der Waals surface area contributed by atoms with Gasteiger partial charge < -0.3 is 31.9 Å². The van der Waals surface area contributed by atoms with E-state index in [2.05, 4.69) is 45.7 Å². The molecule has 0 fully saturated rings. The molecule has 67 heavy (non-hydrogen) atoms. The Morgan fingerprint density at radius 2 is 1.03 bits per heavy atom. The van der Waals surface area contributed by atoms with Crippen LogP contribution in [0.4, 0.5) is 40.3 Å². The van der Waals surface area contributed by atoms with Gasteiger partial charge in [-0.15, -0.1) is 44.0 Å². The molecule has 0 saturated carbocycles. The summed E-state index contributed by atoms with van der Waals surface area (Å²) >= 11 is 2.20. The lowest BCUT2D eigenvalue weighted by molar-refractivity contribution is 0.0676. The summed E-state index contributed by atoms with van der Waals surface area (Å²) < 4.78 is 4.79. The van der Waals surface area contributed by atoms with Crippen LogP contribution in [0.25, 0.3) is 27.9 Å². The van der Waals surface area contributed by atoms with E-state index in [9.17, 15) is 44.9 Å². The zero-order valence-electron chi connectivity index (χ0n) is 35.2. The van der Waals surface area contributed by atoms with Gasteiger partial charge in [-0.3, -0.25) is 0 Å². The molecule has 5 heterocycles. The number of anilines is 2. The second kappa shape index (κ2) is 18.1. The van der Waals surface area contributed by atoms with Crippen LogP contribution >= 0.6 is 23.5 Å². The van der Waals surface area contributed by atoms with Crippen LogP contribution in [0.3, 0.4) is 0 Å². The van der Waals surface area contributed by atoms with Gasteiger partial charge in [0.05, 0.1) is 51.6 Å². The molecule has 0 radical (unpaired) electrons. The van der Waals surface area contributed by atoms with Crippen molar-refractivity contribution >= 4 is 87.7 Å². The molecule has 336 valence electrons. The first kappa shape index (κ1) is 45.8. The first-order valence-corrected chi connectivity index (χ1v) is 21.2. The molecule has 0 spiro atoms. The molecule has 25 nitrogen and oxygen atoms in total. The van der Waals surface area contributed by atoms with E-state index in [1.807, 2.05) is 6.07 Å². The van der Waals surface area contributed by atoms with E-state index in [1.165, 1.54) is 33.6 Å². The smallest absolute Gasteiger partial charge is 0.335 e. The molecule has 0 aliphatic heterocycles. The summed E-state index contributed by atoms with van der Waals surface area (Å²) in [6, 6.07) is 12.0. The highest BCUT2D eigenvalue weighted by Crippen LogP contribution is 2.41. The Labute approximate surface area is 384 Å². The van der Waals surface area contributed by atoms with Crippen LogP contribution in [0, 0.1) is 38.7 Å². The number of nitrogens with zero attached hydrogens (tertiary/aromatic N) is 15.